The molecule has 0 radical (unpaired) electrons. The molecule has 1 aromatic carbocycles. The van der Waals surface area contributed by atoms with Crippen molar-refractivity contribution >= 4 is 0 Å². The minimum Gasteiger partial charge on any atom is -0.330 e. The van der Waals surface area contributed by atoms with Gasteiger partial charge in [0.25, 0.3) is 0 Å². The Kier molecular flexibility index (Phi) is 5.48. The van der Waals surface area contributed by atoms with Gasteiger partial charge in [-0.1, -0.05) is 71.2 Å². The fourth-order valence-electron chi connectivity index (χ4n) is 3.91. The van der Waals surface area contributed by atoms with Gasteiger partial charge in [-0.2, -0.15) is 0 Å². The lowest BCUT2D eigenvalue weighted by molar-refractivity contribution is 0.230. The summed E-state index contributed by atoms with van der Waals surface area (Å²) in [6.45, 7) is 9.99. The molecule has 1 aromatic rings. The molecule has 1 saturated carbocycles. The van der Waals surface area contributed by atoms with Crippen LogP contribution in [0.1, 0.15) is 76.8 Å². The summed E-state index contributed by atoms with van der Waals surface area (Å²) in [5, 5.41) is 0. The van der Waals surface area contributed by atoms with Crippen molar-refractivity contribution < 1.29 is 0 Å². The average Bonchev–Trinajstić information content (AvgIpc) is 2.47. The van der Waals surface area contributed by atoms with Gasteiger partial charge < -0.3 is 5.73 Å². The first-order chi connectivity index (χ1) is 9.95. The summed E-state index contributed by atoms with van der Waals surface area (Å²) in [5.41, 5.74) is 9.23. The van der Waals surface area contributed by atoms with Crippen LogP contribution in [0.2, 0.25) is 0 Å². The zero-order valence-corrected chi connectivity index (χ0v) is 14.4. The third kappa shape index (κ3) is 4.10. The van der Waals surface area contributed by atoms with Gasteiger partial charge in [-0.3, -0.25) is 0 Å². The zero-order valence-electron chi connectivity index (χ0n) is 14.4. The van der Waals surface area contributed by atoms with E-state index in [0.717, 1.165) is 12.5 Å². The van der Waals surface area contributed by atoms with E-state index in [1.54, 1.807) is 0 Å². The van der Waals surface area contributed by atoms with Crippen molar-refractivity contribution in [1.29, 1.82) is 0 Å². The van der Waals surface area contributed by atoms with Crippen molar-refractivity contribution in [1.82, 2.24) is 0 Å². The number of hydrogen-bond acceptors (Lipinski definition) is 1. The Morgan fingerprint density at radius 1 is 1.10 bits per heavy atom. The monoisotopic (exact) mass is 287 g/mol. The molecule has 1 fully saturated rings. The SMILES string of the molecule is CCCC1CCC(CN)C(c2ccc(C(C)(C)C)cc2)C1. The van der Waals surface area contributed by atoms with Crippen LogP contribution in [0.15, 0.2) is 24.3 Å². The molecule has 1 nitrogen and oxygen atoms in total. The van der Waals surface area contributed by atoms with E-state index in [2.05, 4.69) is 52.0 Å². The molecule has 118 valence electrons. The van der Waals surface area contributed by atoms with Crippen LogP contribution >= 0.6 is 0 Å². The highest BCUT2D eigenvalue weighted by Crippen LogP contribution is 2.42. The predicted octanol–water partition coefficient (Wildman–Crippen LogP) is 5.24. The van der Waals surface area contributed by atoms with E-state index in [1.807, 2.05) is 0 Å². The van der Waals surface area contributed by atoms with Crippen molar-refractivity contribution in [2.24, 2.45) is 17.6 Å². The van der Waals surface area contributed by atoms with Crippen molar-refractivity contribution in [2.45, 2.75) is 71.1 Å². The van der Waals surface area contributed by atoms with Gasteiger partial charge in [0.1, 0.15) is 0 Å². The maximum Gasteiger partial charge on any atom is -0.00430 e. The van der Waals surface area contributed by atoms with Crippen LogP contribution in [0.4, 0.5) is 0 Å². The molecule has 0 aliphatic heterocycles. The van der Waals surface area contributed by atoms with E-state index < -0.39 is 0 Å². The fraction of sp³-hybridized carbons (Fsp3) is 0.700. The maximum atomic E-state index is 6.05. The number of benzene rings is 1. The van der Waals surface area contributed by atoms with E-state index in [0.29, 0.717) is 11.8 Å². The normalized spacial score (nSPS) is 26.8. The molecule has 1 heteroatoms. The molecule has 0 amide bonds. The first-order valence-electron chi connectivity index (χ1n) is 8.76. The van der Waals surface area contributed by atoms with E-state index in [9.17, 15) is 0 Å². The molecule has 0 heterocycles. The van der Waals surface area contributed by atoms with Gasteiger partial charge in [0.15, 0.2) is 0 Å². The van der Waals surface area contributed by atoms with Gasteiger partial charge in [-0.25, -0.2) is 0 Å². The Labute approximate surface area is 131 Å². The van der Waals surface area contributed by atoms with Gasteiger partial charge in [-0.15, -0.1) is 0 Å². The highest BCUT2D eigenvalue weighted by atomic mass is 14.6. The van der Waals surface area contributed by atoms with Gasteiger partial charge in [0, 0.05) is 0 Å². The van der Waals surface area contributed by atoms with Gasteiger partial charge in [0.2, 0.25) is 0 Å². The quantitative estimate of drug-likeness (QED) is 0.805. The summed E-state index contributed by atoms with van der Waals surface area (Å²) in [6, 6.07) is 9.38. The summed E-state index contributed by atoms with van der Waals surface area (Å²) in [7, 11) is 0. The zero-order chi connectivity index (χ0) is 15.5. The summed E-state index contributed by atoms with van der Waals surface area (Å²) in [5.74, 6) is 2.26. The highest BCUT2D eigenvalue weighted by Gasteiger charge is 2.30. The van der Waals surface area contributed by atoms with Crippen molar-refractivity contribution in [3.63, 3.8) is 0 Å². The van der Waals surface area contributed by atoms with Gasteiger partial charge in [0.05, 0.1) is 0 Å². The summed E-state index contributed by atoms with van der Waals surface area (Å²) in [6.07, 6.45) is 6.73. The van der Waals surface area contributed by atoms with Crippen LogP contribution in [-0.2, 0) is 5.41 Å². The van der Waals surface area contributed by atoms with Gasteiger partial charge in [-0.05, 0) is 53.7 Å². The first kappa shape index (κ1) is 16.5. The van der Waals surface area contributed by atoms with Crippen LogP contribution in [0.3, 0.4) is 0 Å². The van der Waals surface area contributed by atoms with E-state index in [4.69, 9.17) is 5.73 Å². The molecule has 0 aromatic heterocycles. The van der Waals surface area contributed by atoms with E-state index in [-0.39, 0.29) is 5.41 Å². The second-order valence-corrected chi connectivity index (χ2v) is 7.94. The lowest BCUT2D eigenvalue weighted by Crippen LogP contribution is -2.29. The van der Waals surface area contributed by atoms with E-state index >= 15 is 0 Å². The van der Waals surface area contributed by atoms with Crippen molar-refractivity contribution in [2.75, 3.05) is 6.54 Å². The number of rotatable bonds is 4. The Morgan fingerprint density at radius 2 is 1.76 bits per heavy atom. The standard InChI is InChI=1S/C20H33N/c1-5-6-15-7-8-17(14-21)19(13-15)16-9-11-18(12-10-16)20(2,3)4/h9-12,15,17,19H,5-8,13-14,21H2,1-4H3. The topological polar surface area (TPSA) is 26.0 Å². The molecule has 2 N–H and O–H groups in total. The highest BCUT2D eigenvalue weighted by molar-refractivity contribution is 5.30. The largest absolute Gasteiger partial charge is 0.330 e. The Bertz CT molecular complexity index is 426. The van der Waals surface area contributed by atoms with Crippen LogP contribution in [-0.4, -0.2) is 6.54 Å². The van der Waals surface area contributed by atoms with Crippen molar-refractivity contribution in [3.8, 4) is 0 Å². The molecular formula is C20H33N. The summed E-state index contributed by atoms with van der Waals surface area (Å²) < 4.78 is 0. The average molecular weight is 287 g/mol. The maximum absolute atomic E-state index is 6.05. The van der Waals surface area contributed by atoms with Crippen LogP contribution in [0.25, 0.3) is 0 Å². The fourth-order valence-corrected chi connectivity index (χ4v) is 3.91. The Morgan fingerprint density at radius 3 is 2.29 bits per heavy atom. The minimum atomic E-state index is 0.239. The molecule has 3 unspecified atom stereocenters. The molecule has 1 aliphatic carbocycles. The number of nitrogens with two attached hydrogens (primary N) is 1. The lowest BCUT2D eigenvalue weighted by atomic mass is 9.70. The second kappa shape index (κ2) is 6.96. The first-order valence-corrected chi connectivity index (χ1v) is 8.76. The van der Waals surface area contributed by atoms with Crippen molar-refractivity contribution in [3.05, 3.63) is 35.4 Å². The molecule has 21 heavy (non-hydrogen) atoms. The molecule has 2 rings (SSSR count). The molecular weight excluding hydrogens is 254 g/mol. The molecule has 0 spiro atoms. The van der Waals surface area contributed by atoms with E-state index in [1.165, 1.54) is 43.2 Å². The number of hydrogen-bond donors (Lipinski definition) is 1. The third-order valence-electron chi connectivity index (χ3n) is 5.31. The molecule has 0 saturated heterocycles. The molecule has 3 atom stereocenters. The predicted molar refractivity (Wildman–Crippen MR) is 92.7 cm³/mol. The second-order valence-electron chi connectivity index (χ2n) is 7.94. The smallest absolute Gasteiger partial charge is 0.00430 e. The lowest BCUT2D eigenvalue weighted by Gasteiger charge is -2.36. The summed E-state index contributed by atoms with van der Waals surface area (Å²) >= 11 is 0. The molecule has 0 bridgehead atoms. The van der Waals surface area contributed by atoms with Crippen LogP contribution in [0.5, 0.6) is 0 Å². The van der Waals surface area contributed by atoms with Crippen LogP contribution < -0.4 is 5.73 Å². The van der Waals surface area contributed by atoms with Gasteiger partial charge >= 0.3 is 0 Å². The Balaban J connectivity index is 2.16. The van der Waals surface area contributed by atoms with Crippen LogP contribution in [0, 0.1) is 11.8 Å². The minimum absolute atomic E-state index is 0.239. The summed E-state index contributed by atoms with van der Waals surface area (Å²) in [4.78, 5) is 0. The molecule has 1 aliphatic rings. The third-order valence-corrected chi connectivity index (χ3v) is 5.31. The Hall–Kier alpha value is -0.820.